The van der Waals surface area contributed by atoms with E-state index in [4.69, 9.17) is 17.0 Å². The minimum atomic E-state index is -1.03. The van der Waals surface area contributed by atoms with Gasteiger partial charge in [-0.25, -0.2) is 4.79 Å². The van der Waals surface area contributed by atoms with E-state index < -0.39 is 23.9 Å². The van der Waals surface area contributed by atoms with E-state index >= 15 is 0 Å². The monoisotopic (exact) mass is 473 g/mol. The summed E-state index contributed by atoms with van der Waals surface area (Å²) >= 11 is 6.24. The molecule has 0 unspecified atom stereocenters. The van der Waals surface area contributed by atoms with Crippen molar-refractivity contribution in [3.05, 3.63) is 46.0 Å². The highest BCUT2D eigenvalue weighted by Gasteiger charge is 2.37. The van der Waals surface area contributed by atoms with E-state index in [0.29, 0.717) is 5.71 Å². The molecule has 1 saturated heterocycles. The highest BCUT2D eigenvalue weighted by molar-refractivity contribution is 8.26. The molecule has 3 aliphatic rings. The quantitative estimate of drug-likeness (QED) is 0.383. The van der Waals surface area contributed by atoms with Crippen LogP contribution in [-0.4, -0.2) is 62.1 Å². The molecule has 0 aromatic heterocycles. The number of thioether (sulfide) groups is 1. The molecule has 1 fully saturated rings. The van der Waals surface area contributed by atoms with Crippen molar-refractivity contribution in [2.24, 2.45) is 5.10 Å². The van der Waals surface area contributed by atoms with E-state index in [9.17, 15) is 19.5 Å². The summed E-state index contributed by atoms with van der Waals surface area (Å²) < 4.78 is 5.11. The maximum absolute atomic E-state index is 12.8. The van der Waals surface area contributed by atoms with Crippen molar-refractivity contribution in [1.82, 2.24) is 9.91 Å². The Morgan fingerprint density at radius 2 is 2.06 bits per heavy atom. The van der Waals surface area contributed by atoms with Crippen molar-refractivity contribution < 1.29 is 24.2 Å². The lowest BCUT2D eigenvalue weighted by molar-refractivity contribution is -0.145. The lowest BCUT2D eigenvalue weighted by Gasteiger charge is -2.16. The van der Waals surface area contributed by atoms with Crippen LogP contribution in [0.3, 0.4) is 0 Å². The number of hydrogen-bond donors (Lipinski definition) is 1. The number of carboxylic acids is 1. The number of fused-ring (bicyclic) bond motifs is 1. The summed E-state index contributed by atoms with van der Waals surface area (Å²) in [5, 5.41) is 15.6. The predicted molar refractivity (Wildman–Crippen MR) is 124 cm³/mol. The third-order valence-electron chi connectivity index (χ3n) is 5.62. The van der Waals surface area contributed by atoms with E-state index in [2.05, 4.69) is 17.2 Å². The number of carbonyl (C=O) groups excluding carboxylic acids is 2. The summed E-state index contributed by atoms with van der Waals surface area (Å²) in [6.07, 6.45) is 6.07. The van der Waals surface area contributed by atoms with Crippen molar-refractivity contribution in [3.8, 4) is 0 Å². The van der Waals surface area contributed by atoms with Crippen molar-refractivity contribution in [2.45, 2.75) is 45.1 Å². The molecular weight excluding hydrogens is 450 g/mol. The second kappa shape index (κ2) is 9.41. The van der Waals surface area contributed by atoms with Gasteiger partial charge in [-0.3, -0.25) is 19.5 Å². The summed E-state index contributed by atoms with van der Waals surface area (Å²) in [5.41, 5.74) is 4.21. The Morgan fingerprint density at radius 1 is 1.31 bits per heavy atom. The van der Waals surface area contributed by atoms with Crippen LogP contribution in [0.2, 0.25) is 0 Å². The van der Waals surface area contributed by atoms with Crippen LogP contribution in [0.25, 0.3) is 0 Å². The van der Waals surface area contributed by atoms with Crippen LogP contribution in [-0.2, 0) is 32.0 Å². The van der Waals surface area contributed by atoms with Gasteiger partial charge in [-0.05, 0) is 55.4 Å². The predicted octanol–water partition coefficient (Wildman–Crippen LogP) is 2.69. The molecule has 1 aromatic rings. The van der Waals surface area contributed by atoms with Crippen molar-refractivity contribution in [2.75, 3.05) is 13.2 Å². The third-order valence-corrected chi connectivity index (χ3v) is 6.99. The number of aliphatic carboxylic acids is 1. The number of carbonyl (C=O) groups is 3. The Bertz CT molecular complexity index is 1050. The van der Waals surface area contributed by atoms with Gasteiger partial charge in [0.05, 0.1) is 17.2 Å². The minimum Gasteiger partial charge on any atom is -0.480 e. The smallest absolute Gasteiger partial charge is 0.328 e. The average molecular weight is 474 g/mol. The summed E-state index contributed by atoms with van der Waals surface area (Å²) in [6.45, 7) is 1.61. The van der Waals surface area contributed by atoms with E-state index in [1.165, 1.54) is 28.8 Å². The average Bonchev–Trinajstić information content (AvgIpc) is 3.30. The fourth-order valence-corrected chi connectivity index (χ4v) is 5.24. The van der Waals surface area contributed by atoms with Gasteiger partial charge in [0.15, 0.2) is 6.04 Å². The standard InChI is InChI=1S/C22H23N3O5S2/c1-2-30-19(26)12-24-20(27)18(32-22(24)31)11-25-17(21(28)29)10-16(23-25)15-8-7-13-5-3-4-6-14(13)9-15/h7-9,11,17H,2-6,10,12H2,1H3,(H,28,29)/b18-11-/t17-/m1/s1. The van der Waals surface area contributed by atoms with Crippen molar-refractivity contribution in [3.63, 3.8) is 0 Å². The van der Waals surface area contributed by atoms with Gasteiger partial charge in [-0.2, -0.15) is 5.10 Å². The number of rotatable bonds is 6. The van der Waals surface area contributed by atoms with Crippen LogP contribution in [0.1, 0.15) is 42.9 Å². The lowest BCUT2D eigenvalue weighted by atomic mass is 9.89. The SMILES string of the molecule is CCOC(=O)CN1C(=O)/C(=C/N2N=C(c3ccc4c(c3)CCCC4)C[C@@H]2C(=O)O)SC1=S. The molecular formula is C22H23N3O5S2. The Kier molecular flexibility index (Phi) is 6.61. The molecule has 10 heteroatoms. The maximum Gasteiger partial charge on any atom is 0.328 e. The number of benzene rings is 1. The first kappa shape index (κ1) is 22.5. The molecule has 0 bridgehead atoms. The molecule has 0 radical (unpaired) electrons. The molecule has 1 amide bonds. The van der Waals surface area contributed by atoms with Crippen LogP contribution in [0, 0.1) is 0 Å². The molecule has 1 aromatic carbocycles. The Hall–Kier alpha value is -2.72. The van der Waals surface area contributed by atoms with Gasteiger partial charge >= 0.3 is 11.9 Å². The van der Waals surface area contributed by atoms with Gasteiger partial charge in [-0.1, -0.05) is 36.1 Å². The van der Waals surface area contributed by atoms with E-state index in [1.807, 2.05) is 6.07 Å². The number of nitrogens with zero attached hydrogens (tertiary/aromatic N) is 3. The van der Waals surface area contributed by atoms with Crippen LogP contribution in [0.4, 0.5) is 0 Å². The van der Waals surface area contributed by atoms with E-state index in [0.717, 1.165) is 41.5 Å². The number of aryl methyl sites for hydroxylation is 2. The summed E-state index contributed by atoms with van der Waals surface area (Å²) in [7, 11) is 0. The molecule has 8 nitrogen and oxygen atoms in total. The van der Waals surface area contributed by atoms with E-state index in [-0.39, 0.29) is 28.8 Å². The third kappa shape index (κ3) is 4.56. The molecule has 2 heterocycles. The number of ether oxygens (including phenoxy) is 1. The minimum absolute atomic E-state index is 0.206. The van der Waals surface area contributed by atoms with Crippen LogP contribution in [0.15, 0.2) is 34.4 Å². The topological polar surface area (TPSA) is 99.5 Å². The largest absolute Gasteiger partial charge is 0.480 e. The zero-order valence-corrected chi connectivity index (χ0v) is 19.2. The lowest BCUT2D eigenvalue weighted by Crippen LogP contribution is -2.35. The van der Waals surface area contributed by atoms with Crippen LogP contribution < -0.4 is 0 Å². The second-order valence-electron chi connectivity index (χ2n) is 7.73. The van der Waals surface area contributed by atoms with Gasteiger partial charge < -0.3 is 9.84 Å². The Balaban J connectivity index is 1.57. The molecule has 32 heavy (non-hydrogen) atoms. The zero-order chi connectivity index (χ0) is 22.8. The molecule has 4 rings (SSSR count). The van der Waals surface area contributed by atoms with Gasteiger partial charge in [0.1, 0.15) is 10.9 Å². The molecule has 1 N–H and O–H groups in total. The number of esters is 1. The number of hydrazone groups is 1. The fourth-order valence-electron chi connectivity index (χ4n) is 4.02. The summed E-state index contributed by atoms with van der Waals surface area (Å²) in [5.74, 6) is -2.04. The van der Waals surface area contributed by atoms with E-state index in [1.54, 1.807) is 6.92 Å². The van der Waals surface area contributed by atoms with Gasteiger partial charge in [0.2, 0.25) is 0 Å². The first-order valence-electron chi connectivity index (χ1n) is 10.5. The van der Waals surface area contributed by atoms with Gasteiger partial charge in [0, 0.05) is 12.6 Å². The Morgan fingerprint density at radius 3 is 2.78 bits per heavy atom. The molecule has 2 aliphatic heterocycles. The summed E-state index contributed by atoms with van der Waals surface area (Å²) in [4.78, 5) is 37.8. The molecule has 1 atom stereocenters. The normalized spacial score (nSPS) is 21.7. The van der Waals surface area contributed by atoms with Crippen LogP contribution >= 0.6 is 24.0 Å². The molecule has 0 saturated carbocycles. The second-order valence-corrected chi connectivity index (χ2v) is 9.41. The molecule has 1 aliphatic carbocycles. The highest BCUT2D eigenvalue weighted by atomic mass is 32.2. The molecule has 0 spiro atoms. The highest BCUT2D eigenvalue weighted by Crippen LogP contribution is 2.33. The number of carboxylic acid groups (broad SMARTS) is 1. The van der Waals surface area contributed by atoms with Gasteiger partial charge in [0.25, 0.3) is 5.91 Å². The number of amides is 1. The first-order chi connectivity index (χ1) is 15.4. The van der Waals surface area contributed by atoms with Crippen LogP contribution in [0.5, 0.6) is 0 Å². The van der Waals surface area contributed by atoms with Crippen molar-refractivity contribution >= 4 is 51.9 Å². The fraction of sp³-hybridized carbons (Fsp3) is 0.409. The number of thiocarbonyl (C=S) groups is 1. The van der Waals surface area contributed by atoms with Crippen molar-refractivity contribution in [1.29, 1.82) is 0 Å². The zero-order valence-electron chi connectivity index (χ0n) is 17.6. The number of hydrogen-bond acceptors (Lipinski definition) is 8. The van der Waals surface area contributed by atoms with Gasteiger partial charge in [-0.15, -0.1) is 0 Å². The summed E-state index contributed by atoms with van der Waals surface area (Å²) in [6, 6.07) is 5.28. The molecule has 168 valence electrons. The maximum atomic E-state index is 12.8. The Labute approximate surface area is 195 Å². The first-order valence-corrected chi connectivity index (χ1v) is 11.7.